The molecule has 3 heterocycles. The Morgan fingerprint density at radius 1 is 1.39 bits per heavy atom. The van der Waals surface area contributed by atoms with Gasteiger partial charge in [0.05, 0.1) is 17.2 Å². The highest BCUT2D eigenvalue weighted by molar-refractivity contribution is 6.00. The number of aromatic amines is 2. The van der Waals surface area contributed by atoms with Gasteiger partial charge in [0, 0.05) is 31.3 Å². The number of nitrogens with one attached hydrogen (secondary N) is 3. The lowest BCUT2D eigenvalue weighted by Crippen LogP contribution is -2.30. The van der Waals surface area contributed by atoms with Gasteiger partial charge in [0.2, 0.25) is 0 Å². The number of imidazole rings is 1. The lowest BCUT2D eigenvalue weighted by Gasteiger charge is -2.15. The summed E-state index contributed by atoms with van der Waals surface area (Å²) in [6, 6.07) is 2.13. The third kappa shape index (κ3) is 4.14. The molecule has 1 atom stereocenters. The molecule has 3 aromatic rings. The number of aliphatic hydroxyl groups excluding tert-OH is 1. The van der Waals surface area contributed by atoms with E-state index < -0.39 is 0 Å². The minimum absolute atomic E-state index is 0.0558. The molecule has 28 heavy (non-hydrogen) atoms. The molecule has 1 aliphatic rings. The van der Waals surface area contributed by atoms with Crippen molar-refractivity contribution >= 4 is 22.1 Å². The average molecular weight is 389 g/mol. The third-order valence-electron chi connectivity index (χ3n) is 5.82. The summed E-state index contributed by atoms with van der Waals surface area (Å²) in [5, 5.41) is 11.5. The number of unbranched alkanes of at least 4 members (excludes halogenated alkanes) is 1. The zero-order valence-corrected chi connectivity index (χ0v) is 16.8. The van der Waals surface area contributed by atoms with Crippen molar-refractivity contribution in [1.29, 1.82) is 0 Å². The van der Waals surface area contributed by atoms with E-state index in [1.807, 2.05) is 16.8 Å². The minimum Gasteiger partial charge on any atom is -0.400 e. The molecule has 1 fully saturated rings. The van der Waals surface area contributed by atoms with Gasteiger partial charge in [-0.2, -0.15) is 0 Å². The second kappa shape index (κ2) is 8.89. The first-order chi connectivity index (χ1) is 13.6. The molecule has 4 rings (SSSR count). The highest BCUT2D eigenvalue weighted by atomic mass is 16.2. The van der Waals surface area contributed by atoms with Gasteiger partial charge in [0.15, 0.2) is 0 Å². The Balaban J connectivity index is 0.00000109. The quantitative estimate of drug-likeness (QED) is 0.358. The number of H-pyrrole nitrogens is 2. The predicted octanol–water partition coefficient (Wildman–Crippen LogP) is 1.87. The maximum atomic E-state index is 12.5. The molecule has 0 spiro atoms. The number of hydrogen-bond acceptors (Lipinski definition) is 5. The van der Waals surface area contributed by atoms with Crippen LogP contribution < -0.4 is 16.7 Å². The number of pyridine rings is 1. The number of nitrogens with two attached hydrogens (primary N) is 1. The fraction of sp³-hybridized carbons (Fsp3) is 0.600. The van der Waals surface area contributed by atoms with Crippen molar-refractivity contribution in [2.45, 2.75) is 45.1 Å². The molecule has 154 valence electrons. The molecule has 1 saturated carbocycles. The Morgan fingerprint density at radius 3 is 2.89 bits per heavy atom. The van der Waals surface area contributed by atoms with Gasteiger partial charge in [0.1, 0.15) is 5.65 Å². The Labute approximate surface area is 164 Å². The molecule has 0 amide bonds. The van der Waals surface area contributed by atoms with Gasteiger partial charge < -0.3 is 26.1 Å². The largest absolute Gasteiger partial charge is 0.400 e. The second-order valence-corrected chi connectivity index (χ2v) is 7.79. The van der Waals surface area contributed by atoms with Crippen LogP contribution in [0.5, 0.6) is 0 Å². The number of fused-ring (bicyclic) bond motifs is 3. The zero-order chi connectivity index (χ0) is 20.1. The molecule has 0 radical (unpaired) electrons. The minimum atomic E-state index is -0.0558. The standard InChI is InChI=1S/C19H28N6O.CH4O/c1-13(4-2-3-8-21-12-19(11-20)6-7-19)25-16-14-5-9-22-17(14)23-10-15(16)24-18(25)26;1-2/h5,9-10,13,21H,2-4,6-8,11-12,20H2,1H3,(H,22,23)(H,24,26);2H,1H3/t13-;/m0./s1. The van der Waals surface area contributed by atoms with E-state index in [1.54, 1.807) is 6.20 Å². The van der Waals surface area contributed by atoms with Crippen molar-refractivity contribution in [1.82, 2.24) is 24.8 Å². The molecule has 0 bridgehead atoms. The molecular formula is C20H32N6O2. The van der Waals surface area contributed by atoms with Crippen molar-refractivity contribution in [3.8, 4) is 0 Å². The van der Waals surface area contributed by atoms with E-state index in [9.17, 15) is 4.79 Å². The monoisotopic (exact) mass is 388 g/mol. The van der Waals surface area contributed by atoms with Crippen molar-refractivity contribution in [2.24, 2.45) is 11.1 Å². The number of nitrogens with zero attached hydrogens (tertiary/aromatic N) is 2. The lowest BCUT2D eigenvalue weighted by atomic mass is 10.1. The van der Waals surface area contributed by atoms with Crippen LogP contribution in [-0.2, 0) is 0 Å². The summed E-state index contributed by atoms with van der Waals surface area (Å²) >= 11 is 0. The van der Waals surface area contributed by atoms with Crippen LogP contribution in [0.25, 0.3) is 22.1 Å². The molecular weight excluding hydrogens is 356 g/mol. The van der Waals surface area contributed by atoms with Gasteiger partial charge in [-0.25, -0.2) is 9.78 Å². The molecule has 8 heteroatoms. The maximum Gasteiger partial charge on any atom is 0.326 e. The van der Waals surface area contributed by atoms with Gasteiger partial charge in [0.25, 0.3) is 0 Å². The first-order valence-corrected chi connectivity index (χ1v) is 10.1. The fourth-order valence-electron chi connectivity index (χ4n) is 3.84. The van der Waals surface area contributed by atoms with Gasteiger partial charge in [-0.1, -0.05) is 6.42 Å². The summed E-state index contributed by atoms with van der Waals surface area (Å²) in [5.74, 6) is 0. The summed E-state index contributed by atoms with van der Waals surface area (Å²) in [6.07, 6.45) is 9.30. The Hall–Kier alpha value is -2.16. The molecule has 3 aromatic heterocycles. The van der Waals surface area contributed by atoms with Crippen LogP contribution in [0.3, 0.4) is 0 Å². The van der Waals surface area contributed by atoms with Gasteiger partial charge in [-0.15, -0.1) is 0 Å². The van der Waals surface area contributed by atoms with Crippen molar-refractivity contribution < 1.29 is 5.11 Å². The van der Waals surface area contributed by atoms with Crippen LogP contribution in [0.4, 0.5) is 0 Å². The van der Waals surface area contributed by atoms with E-state index in [1.165, 1.54) is 12.8 Å². The molecule has 1 aliphatic carbocycles. The predicted molar refractivity (Wildman–Crippen MR) is 113 cm³/mol. The van der Waals surface area contributed by atoms with Crippen molar-refractivity contribution in [2.75, 3.05) is 26.7 Å². The second-order valence-electron chi connectivity index (χ2n) is 7.79. The van der Waals surface area contributed by atoms with Gasteiger partial charge in [-0.05, 0) is 57.2 Å². The van der Waals surface area contributed by atoms with Crippen LogP contribution in [-0.4, -0.2) is 51.4 Å². The number of aromatic nitrogens is 4. The Bertz CT molecular complexity index is 953. The summed E-state index contributed by atoms with van der Waals surface area (Å²) in [6.45, 7) is 4.97. The fourth-order valence-corrected chi connectivity index (χ4v) is 3.84. The van der Waals surface area contributed by atoms with E-state index in [-0.39, 0.29) is 11.7 Å². The summed E-state index contributed by atoms with van der Waals surface area (Å²) in [4.78, 5) is 22.9. The van der Waals surface area contributed by atoms with Crippen LogP contribution in [0.15, 0.2) is 23.3 Å². The van der Waals surface area contributed by atoms with Gasteiger partial charge in [-0.3, -0.25) is 4.57 Å². The first-order valence-electron chi connectivity index (χ1n) is 10.1. The smallest absolute Gasteiger partial charge is 0.326 e. The molecule has 0 unspecified atom stereocenters. The zero-order valence-electron chi connectivity index (χ0n) is 16.8. The van der Waals surface area contributed by atoms with Crippen LogP contribution in [0.2, 0.25) is 0 Å². The SMILES string of the molecule is CO.C[C@@H](CCCCNCC1(CN)CC1)n1c(=O)[nH]c2cnc3[nH]ccc3c21. The first kappa shape index (κ1) is 20.6. The van der Waals surface area contributed by atoms with Crippen molar-refractivity contribution in [3.63, 3.8) is 0 Å². The van der Waals surface area contributed by atoms with Crippen LogP contribution in [0.1, 0.15) is 45.1 Å². The van der Waals surface area contributed by atoms with E-state index in [0.29, 0.717) is 5.41 Å². The summed E-state index contributed by atoms with van der Waals surface area (Å²) in [5.41, 5.74) is 8.71. The molecule has 6 N–H and O–H groups in total. The van der Waals surface area contributed by atoms with Crippen LogP contribution >= 0.6 is 0 Å². The van der Waals surface area contributed by atoms with Gasteiger partial charge >= 0.3 is 5.69 Å². The summed E-state index contributed by atoms with van der Waals surface area (Å²) in [7, 11) is 1.00. The normalized spacial score (nSPS) is 16.1. The Morgan fingerprint density at radius 2 is 2.18 bits per heavy atom. The molecule has 0 aliphatic heterocycles. The molecule has 0 aromatic carbocycles. The number of rotatable bonds is 9. The van der Waals surface area contributed by atoms with E-state index in [4.69, 9.17) is 10.8 Å². The molecule has 0 saturated heterocycles. The highest BCUT2D eigenvalue weighted by Gasteiger charge is 2.40. The number of aliphatic hydroxyl groups is 1. The third-order valence-corrected chi connectivity index (χ3v) is 5.82. The summed E-state index contributed by atoms with van der Waals surface area (Å²) < 4.78 is 1.88. The number of hydrogen-bond donors (Lipinski definition) is 5. The average Bonchev–Trinajstić information content (AvgIpc) is 3.18. The van der Waals surface area contributed by atoms with E-state index in [0.717, 1.165) is 68.1 Å². The highest BCUT2D eigenvalue weighted by Crippen LogP contribution is 2.43. The van der Waals surface area contributed by atoms with E-state index in [2.05, 4.69) is 27.2 Å². The van der Waals surface area contributed by atoms with Crippen molar-refractivity contribution in [3.05, 3.63) is 28.9 Å². The Kier molecular flexibility index (Phi) is 6.53. The molecule has 8 nitrogen and oxygen atoms in total. The topological polar surface area (TPSA) is 125 Å². The lowest BCUT2D eigenvalue weighted by molar-refractivity contribution is 0.399. The van der Waals surface area contributed by atoms with E-state index >= 15 is 0 Å². The maximum absolute atomic E-state index is 12.5. The van der Waals surface area contributed by atoms with Crippen LogP contribution in [0, 0.1) is 5.41 Å².